The fourth-order valence-corrected chi connectivity index (χ4v) is 4.65. The first-order valence-electron chi connectivity index (χ1n) is 7.36. The van der Waals surface area contributed by atoms with Gasteiger partial charge in [0.1, 0.15) is 18.1 Å². The third kappa shape index (κ3) is 5.81. The third-order valence-electron chi connectivity index (χ3n) is 3.16. The number of amides is 1. The number of nitrogens with one attached hydrogen (secondary N) is 1. The van der Waals surface area contributed by atoms with Crippen molar-refractivity contribution in [1.29, 1.82) is 0 Å². The number of hydrazone groups is 1. The van der Waals surface area contributed by atoms with Gasteiger partial charge in [-0.1, -0.05) is 12.7 Å². The van der Waals surface area contributed by atoms with Crippen LogP contribution in [0, 0.1) is 10.7 Å². The maximum Gasteiger partial charge on any atom is 0.271 e. The Balaban J connectivity index is 2.08. The van der Waals surface area contributed by atoms with Crippen molar-refractivity contribution < 1.29 is 14.3 Å². The molecular formula is C18H15I3N2O3. The predicted molar refractivity (Wildman–Crippen MR) is 128 cm³/mol. The van der Waals surface area contributed by atoms with Gasteiger partial charge in [-0.3, -0.25) is 4.79 Å². The smallest absolute Gasteiger partial charge is 0.271 e. The number of ether oxygens (including phenoxy) is 2. The molecule has 8 heteroatoms. The van der Waals surface area contributed by atoms with Crippen LogP contribution >= 0.6 is 67.8 Å². The molecule has 0 atom stereocenters. The zero-order valence-electron chi connectivity index (χ0n) is 13.8. The van der Waals surface area contributed by atoms with Crippen molar-refractivity contribution in [3.05, 3.63) is 64.8 Å². The largest absolute Gasteiger partial charge is 0.496 e. The highest BCUT2D eigenvalue weighted by molar-refractivity contribution is 14.1. The average Bonchev–Trinajstić information content (AvgIpc) is 2.61. The topological polar surface area (TPSA) is 59.9 Å². The second-order valence-corrected chi connectivity index (χ2v) is 8.45. The molecule has 0 aliphatic carbocycles. The van der Waals surface area contributed by atoms with Gasteiger partial charge < -0.3 is 9.47 Å². The maximum atomic E-state index is 12.2. The van der Waals surface area contributed by atoms with Crippen molar-refractivity contribution in [1.82, 2.24) is 5.43 Å². The highest BCUT2D eigenvalue weighted by Gasteiger charge is 2.09. The summed E-state index contributed by atoms with van der Waals surface area (Å²) >= 11 is 6.57. The Hall–Kier alpha value is -0.890. The van der Waals surface area contributed by atoms with Crippen LogP contribution in [0.2, 0.25) is 0 Å². The van der Waals surface area contributed by atoms with Gasteiger partial charge in [0.05, 0.1) is 24.0 Å². The van der Waals surface area contributed by atoms with Crippen LogP contribution in [0.15, 0.2) is 48.1 Å². The van der Waals surface area contributed by atoms with Crippen LogP contribution in [0.5, 0.6) is 11.5 Å². The summed E-state index contributed by atoms with van der Waals surface area (Å²) in [5.74, 6) is 1.17. The Bertz CT molecular complexity index is 831. The summed E-state index contributed by atoms with van der Waals surface area (Å²) in [4.78, 5) is 12.2. The van der Waals surface area contributed by atoms with Crippen LogP contribution in [-0.4, -0.2) is 25.8 Å². The molecule has 2 rings (SSSR count). The quantitative estimate of drug-likeness (QED) is 0.196. The molecule has 1 N–H and O–H groups in total. The van der Waals surface area contributed by atoms with E-state index in [2.05, 4.69) is 84.9 Å². The summed E-state index contributed by atoms with van der Waals surface area (Å²) in [7, 11) is 1.57. The second kappa shape index (κ2) is 10.4. The van der Waals surface area contributed by atoms with Crippen LogP contribution in [0.1, 0.15) is 15.9 Å². The lowest BCUT2D eigenvalue weighted by Crippen LogP contribution is -2.17. The predicted octanol–water partition coefficient (Wildman–Crippen LogP) is 4.84. The van der Waals surface area contributed by atoms with E-state index in [4.69, 9.17) is 9.47 Å². The molecule has 0 bridgehead atoms. The van der Waals surface area contributed by atoms with E-state index in [1.54, 1.807) is 31.5 Å². The van der Waals surface area contributed by atoms with E-state index in [0.717, 1.165) is 22.0 Å². The lowest BCUT2D eigenvalue weighted by molar-refractivity contribution is 0.0954. The van der Waals surface area contributed by atoms with Crippen LogP contribution in [0.25, 0.3) is 0 Å². The van der Waals surface area contributed by atoms with E-state index in [1.807, 2.05) is 18.2 Å². The van der Waals surface area contributed by atoms with Crippen LogP contribution < -0.4 is 14.9 Å². The van der Waals surface area contributed by atoms with Crippen molar-refractivity contribution >= 4 is 79.9 Å². The first-order valence-corrected chi connectivity index (χ1v) is 10.6. The van der Waals surface area contributed by atoms with E-state index in [-0.39, 0.29) is 5.91 Å². The average molecular weight is 688 g/mol. The molecule has 0 unspecified atom stereocenters. The van der Waals surface area contributed by atoms with Gasteiger partial charge in [0.2, 0.25) is 0 Å². The van der Waals surface area contributed by atoms with E-state index in [9.17, 15) is 4.79 Å². The van der Waals surface area contributed by atoms with Gasteiger partial charge in [0, 0.05) is 5.56 Å². The molecule has 26 heavy (non-hydrogen) atoms. The normalized spacial score (nSPS) is 10.6. The summed E-state index contributed by atoms with van der Waals surface area (Å²) in [6, 6.07) is 9.11. The molecule has 1 amide bonds. The lowest BCUT2D eigenvalue weighted by atomic mass is 10.2. The number of nitrogens with zero attached hydrogens (tertiary/aromatic N) is 1. The fraction of sp³-hybridized carbons (Fsp3) is 0.111. The van der Waals surface area contributed by atoms with Gasteiger partial charge in [-0.2, -0.15) is 5.10 Å². The molecule has 0 aliphatic rings. The molecular weight excluding hydrogens is 673 g/mol. The minimum atomic E-state index is -0.300. The summed E-state index contributed by atoms with van der Waals surface area (Å²) in [6.45, 7) is 4.10. The van der Waals surface area contributed by atoms with Crippen molar-refractivity contribution in [2.24, 2.45) is 5.10 Å². The van der Waals surface area contributed by atoms with Crippen molar-refractivity contribution in [3.8, 4) is 11.5 Å². The molecule has 0 aromatic heterocycles. The second-order valence-electron chi connectivity index (χ2n) is 4.96. The van der Waals surface area contributed by atoms with Crippen LogP contribution in [-0.2, 0) is 0 Å². The Labute approximate surface area is 193 Å². The van der Waals surface area contributed by atoms with E-state index in [1.165, 1.54) is 0 Å². The van der Waals surface area contributed by atoms with Crippen LogP contribution in [0.4, 0.5) is 0 Å². The first kappa shape index (κ1) is 21.4. The molecule has 136 valence electrons. The van der Waals surface area contributed by atoms with E-state index >= 15 is 0 Å². The molecule has 0 radical (unpaired) electrons. The number of hydrogen-bond acceptors (Lipinski definition) is 4. The molecule has 2 aromatic rings. The Kier molecular flexibility index (Phi) is 8.60. The Morgan fingerprint density at radius 3 is 2.50 bits per heavy atom. The van der Waals surface area contributed by atoms with E-state index in [0.29, 0.717) is 17.9 Å². The molecule has 0 spiro atoms. The van der Waals surface area contributed by atoms with Crippen molar-refractivity contribution in [2.45, 2.75) is 0 Å². The van der Waals surface area contributed by atoms with Crippen molar-refractivity contribution in [2.75, 3.05) is 13.7 Å². The fourth-order valence-electron chi connectivity index (χ4n) is 1.97. The number of carbonyl (C=O) groups is 1. The van der Waals surface area contributed by atoms with Gasteiger partial charge in [0.25, 0.3) is 5.91 Å². The number of hydrogen-bond donors (Lipinski definition) is 1. The first-order chi connectivity index (χ1) is 12.5. The highest BCUT2D eigenvalue weighted by atomic mass is 127. The summed E-state index contributed by atoms with van der Waals surface area (Å²) < 4.78 is 13.7. The summed E-state index contributed by atoms with van der Waals surface area (Å²) in [6.07, 6.45) is 3.31. The molecule has 0 saturated heterocycles. The molecule has 0 heterocycles. The number of methoxy groups -OCH3 is 1. The monoisotopic (exact) mass is 688 g/mol. The zero-order valence-corrected chi connectivity index (χ0v) is 20.2. The van der Waals surface area contributed by atoms with Gasteiger partial charge in [0.15, 0.2) is 0 Å². The molecule has 5 nitrogen and oxygen atoms in total. The minimum Gasteiger partial charge on any atom is -0.496 e. The van der Waals surface area contributed by atoms with Gasteiger partial charge in [-0.15, -0.1) is 0 Å². The minimum absolute atomic E-state index is 0.300. The lowest BCUT2D eigenvalue weighted by Gasteiger charge is -2.09. The molecule has 0 fully saturated rings. The number of benzene rings is 2. The van der Waals surface area contributed by atoms with E-state index < -0.39 is 0 Å². The number of halogens is 3. The number of carbonyl (C=O) groups excluding carboxylic acids is 1. The third-order valence-corrected chi connectivity index (χ3v) is 5.65. The standard InChI is InChI=1S/C18H15I3N2O3/c1-3-6-26-17-14(20)7-11(8-15(17)21)10-22-23-18(24)12-4-5-13(19)16(9-12)25-2/h3-5,7-10H,1,6H2,2H3,(H,23,24)/b22-10-. The zero-order chi connectivity index (χ0) is 19.1. The Morgan fingerprint density at radius 2 is 1.88 bits per heavy atom. The van der Waals surface area contributed by atoms with Gasteiger partial charge in [-0.05, 0) is 104 Å². The van der Waals surface area contributed by atoms with Crippen LogP contribution in [0.3, 0.4) is 0 Å². The molecule has 2 aromatic carbocycles. The summed E-state index contributed by atoms with van der Waals surface area (Å²) in [5.41, 5.74) is 3.88. The number of rotatable bonds is 7. The SMILES string of the molecule is C=CCOc1c(I)cc(/C=N\NC(=O)c2ccc(I)c(OC)c2)cc1I. The highest BCUT2D eigenvalue weighted by Crippen LogP contribution is 2.28. The molecule has 0 aliphatic heterocycles. The van der Waals surface area contributed by atoms with Gasteiger partial charge >= 0.3 is 0 Å². The molecule has 0 saturated carbocycles. The summed E-state index contributed by atoms with van der Waals surface area (Å²) in [5, 5.41) is 4.04. The maximum absolute atomic E-state index is 12.2. The van der Waals surface area contributed by atoms with Crippen molar-refractivity contribution in [3.63, 3.8) is 0 Å². The van der Waals surface area contributed by atoms with Gasteiger partial charge in [-0.25, -0.2) is 5.43 Å². The Morgan fingerprint density at radius 1 is 1.19 bits per heavy atom.